The van der Waals surface area contributed by atoms with Crippen LogP contribution in [0.25, 0.3) is 0 Å². The van der Waals surface area contributed by atoms with Crippen LogP contribution in [0.15, 0.2) is 52.9 Å². The molecule has 6 nitrogen and oxygen atoms in total. The molecule has 0 fully saturated rings. The van der Waals surface area contributed by atoms with Crippen LogP contribution in [0.1, 0.15) is 18.1 Å². The van der Waals surface area contributed by atoms with E-state index in [9.17, 15) is 4.79 Å². The maximum atomic E-state index is 12.1. The number of aromatic nitrogens is 2. The fraction of sp³-hybridized carbons (Fsp3) is 0.250. The van der Waals surface area contributed by atoms with Crippen LogP contribution >= 0.6 is 23.1 Å². The number of para-hydroxylation sites is 2. The lowest BCUT2D eigenvalue weighted by molar-refractivity contribution is -0.118. The Kier molecular flexibility index (Phi) is 7.27. The van der Waals surface area contributed by atoms with E-state index in [1.807, 2.05) is 19.1 Å². The van der Waals surface area contributed by atoms with Gasteiger partial charge in [0.05, 0.1) is 6.61 Å². The van der Waals surface area contributed by atoms with Gasteiger partial charge in [-0.25, -0.2) is 0 Å². The van der Waals surface area contributed by atoms with Crippen LogP contribution in [0.2, 0.25) is 0 Å². The highest BCUT2D eigenvalue weighted by molar-refractivity contribution is 8.00. The van der Waals surface area contributed by atoms with Gasteiger partial charge in [0.1, 0.15) is 0 Å². The summed E-state index contributed by atoms with van der Waals surface area (Å²) in [5, 5.41) is 11.3. The first-order chi connectivity index (χ1) is 13.6. The number of carbonyl (C=O) groups excluding carboxylic acids is 1. The summed E-state index contributed by atoms with van der Waals surface area (Å²) in [7, 11) is 0. The number of nitrogens with one attached hydrogen (secondary N) is 1. The number of hydrogen-bond donors (Lipinski definition) is 1. The highest BCUT2D eigenvalue weighted by Crippen LogP contribution is 2.29. The van der Waals surface area contributed by atoms with Crippen molar-refractivity contribution in [2.45, 2.75) is 23.9 Å². The van der Waals surface area contributed by atoms with Crippen LogP contribution in [0.5, 0.6) is 11.5 Å². The maximum Gasteiger partial charge on any atom is 0.264 e. The average molecular weight is 416 g/mol. The van der Waals surface area contributed by atoms with Crippen molar-refractivity contribution in [3.05, 3.63) is 59.7 Å². The van der Waals surface area contributed by atoms with Crippen LogP contribution < -0.4 is 14.8 Å². The van der Waals surface area contributed by atoms with Gasteiger partial charge < -0.3 is 9.47 Å². The average Bonchev–Trinajstić information content (AvgIpc) is 3.14. The molecule has 0 aliphatic carbocycles. The zero-order valence-corrected chi connectivity index (χ0v) is 17.3. The van der Waals surface area contributed by atoms with E-state index in [1.54, 1.807) is 23.9 Å². The summed E-state index contributed by atoms with van der Waals surface area (Å²) in [5.74, 6) is 1.66. The molecule has 1 amide bonds. The van der Waals surface area contributed by atoms with Crippen LogP contribution in [0.3, 0.4) is 0 Å². The molecule has 0 saturated heterocycles. The van der Waals surface area contributed by atoms with E-state index in [1.165, 1.54) is 22.5 Å². The fourth-order valence-electron chi connectivity index (χ4n) is 2.29. The van der Waals surface area contributed by atoms with Gasteiger partial charge in [-0.05, 0) is 31.5 Å². The Balaban J connectivity index is 1.48. The number of nitrogens with zero attached hydrogens (tertiary/aromatic N) is 2. The third-order valence-corrected chi connectivity index (χ3v) is 5.69. The standard InChI is InChI=1S/C20H21N3O3S2/c1-3-25-16-6-4-5-7-17(16)26-12-18(24)21-19-22-23-20(28-19)27-13-15-10-8-14(2)9-11-15/h4-11H,3,12-13H2,1-2H3,(H,21,22,24). The zero-order chi connectivity index (χ0) is 19.8. The number of thioether (sulfide) groups is 1. The number of carbonyl (C=O) groups is 1. The van der Waals surface area contributed by atoms with Gasteiger partial charge >= 0.3 is 0 Å². The minimum Gasteiger partial charge on any atom is -0.490 e. The van der Waals surface area contributed by atoms with E-state index in [0.29, 0.717) is 23.2 Å². The van der Waals surface area contributed by atoms with Gasteiger partial charge in [-0.1, -0.05) is 65.1 Å². The van der Waals surface area contributed by atoms with E-state index in [-0.39, 0.29) is 12.5 Å². The minimum atomic E-state index is -0.294. The number of hydrogen-bond acceptors (Lipinski definition) is 7. The lowest BCUT2D eigenvalue weighted by Crippen LogP contribution is -2.20. The largest absolute Gasteiger partial charge is 0.490 e. The van der Waals surface area contributed by atoms with E-state index in [2.05, 4.69) is 46.7 Å². The Labute approximate surface area is 172 Å². The second-order valence-electron chi connectivity index (χ2n) is 5.86. The highest BCUT2D eigenvalue weighted by Gasteiger charge is 2.11. The quantitative estimate of drug-likeness (QED) is 0.408. The molecule has 8 heteroatoms. The molecule has 3 rings (SSSR count). The van der Waals surface area contributed by atoms with E-state index < -0.39 is 0 Å². The van der Waals surface area contributed by atoms with Gasteiger partial charge in [0.15, 0.2) is 22.4 Å². The Morgan fingerprint density at radius 2 is 1.79 bits per heavy atom. The Morgan fingerprint density at radius 1 is 1.07 bits per heavy atom. The minimum absolute atomic E-state index is 0.129. The SMILES string of the molecule is CCOc1ccccc1OCC(=O)Nc1nnc(SCc2ccc(C)cc2)s1. The molecule has 0 unspecified atom stereocenters. The first-order valence-corrected chi connectivity index (χ1v) is 10.6. The van der Waals surface area contributed by atoms with Crippen molar-refractivity contribution in [1.29, 1.82) is 0 Å². The van der Waals surface area contributed by atoms with E-state index >= 15 is 0 Å². The molecule has 1 N–H and O–H groups in total. The van der Waals surface area contributed by atoms with Gasteiger partial charge in [-0.15, -0.1) is 10.2 Å². The van der Waals surface area contributed by atoms with Gasteiger partial charge in [-0.3, -0.25) is 10.1 Å². The van der Waals surface area contributed by atoms with Crippen LogP contribution in [-0.2, 0) is 10.5 Å². The number of rotatable bonds is 9. The molecule has 0 saturated carbocycles. The Hall–Kier alpha value is -2.58. The van der Waals surface area contributed by atoms with E-state index in [0.717, 1.165) is 10.1 Å². The van der Waals surface area contributed by atoms with Gasteiger partial charge in [0.2, 0.25) is 5.13 Å². The number of aryl methyl sites for hydroxylation is 1. The predicted molar refractivity (Wildman–Crippen MR) is 112 cm³/mol. The molecule has 2 aromatic carbocycles. The summed E-state index contributed by atoms with van der Waals surface area (Å²) < 4.78 is 11.8. The Bertz CT molecular complexity index is 913. The molecule has 1 heterocycles. The van der Waals surface area contributed by atoms with Crippen molar-refractivity contribution in [3.63, 3.8) is 0 Å². The van der Waals surface area contributed by atoms with Crippen molar-refractivity contribution < 1.29 is 14.3 Å². The summed E-state index contributed by atoms with van der Waals surface area (Å²) in [5.41, 5.74) is 2.46. The summed E-state index contributed by atoms with van der Waals surface area (Å²) in [6, 6.07) is 15.6. The number of benzene rings is 2. The van der Waals surface area contributed by atoms with Gasteiger partial charge in [0.25, 0.3) is 5.91 Å². The first-order valence-electron chi connectivity index (χ1n) is 8.80. The van der Waals surface area contributed by atoms with Crippen molar-refractivity contribution in [3.8, 4) is 11.5 Å². The molecule has 28 heavy (non-hydrogen) atoms. The molecule has 0 bridgehead atoms. The van der Waals surface area contributed by atoms with Gasteiger partial charge in [-0.2, -0.15) is 0 Å². The normalized spacial score (nSPS) is 10.5. The number of anilines is 1. The van der Waals surface area contributed by atoms with E-state index in [4.69, 9.17) is 9.47 Å². The van der Waals surface area contributed by atoms with Crippen molar-refractivity contribution >= 4 is 34.1 Å². The van der Waals surface area contributed by atoms with Crippen molar-refractivity contribution in [1.82, 2.24) is 10.2 Å². The molecule has 0 aliphatic heterocycles. The van der Waals surface area contributed by atoms with Crippen LogP contribution in [0.4, 0.5) is 5.13 Å². The lowest BCUT2D eigenvalue weighted by Gasteiger charge is -2.10. The topological polar surface area (TPSA) is 73.3 Å². The molecule has 0 aliphatic rings. The molecule has 1 aromatic heterocycles. The van der Waals surface area contributed by atoms with Crippen molar-refractivity contribution in [2.24, 2.45) is 0 Å². The summed E-state index contributed by atoms with van der Waals surface area (Å²) in [4.78, 5) is 12.1. The molecule has 146 valence electrons. The number of amides is 1. The first kappa shape index (κ1) is 20.2. The second-order valence-corrected chi connectivity index (χ2v) is 8.06. The summed E-state index contributed by atoms with van der Waals surface area (Å²) in [6.07, 6.45) is 0. The van der Waals surface area contributed by atoms with Crippen molar-refractivity contribution in [2.75, 3.05) is 18.5 Å². The second kappa shape index (κ2) is 10.1. The molecule has 0 spiro atoms. The molecule has 3 aromatic rings. The number of ether oxygens (including phenoxy) is 2. The highest BCUT2D eigenvalue weighted by atomic mass is 32.2. The smallest absolute Gasteiger partial charge is 0.264 e. The van der Waals surface area contributed by atoms with Crippen LogP contribution in [0, 0.1) is 6.92 Å². The third-order valence-electron chi connectivity index (χ3n) is 3.64. The molecule has 0 atom stereocenters. The summed E-state index contributed by atoms with van der Waals surface area (Å²) >= 11 is 2.94. The predicted octanol–water partition coefficient (Wildman–Crippen LogP) is 4.56. The zero-order valence-electron chi connectivity index (χ0n) is 15.7. The maximum absolute atomic E-state index is 12.1. The molecule has 0 radical (unpaired) electrons. The molecular formula is C20H21N3O3S2. The monoisotopic (exact) mass is 415 g/mol. The fourth-order valence-corrected chi connectivity index (χ4v) is 4.01. The van der Waals surface area contributed by atoms with Crippen LogP contribution in [-0.4, -0.2) is 29.3 Å². The molecular weight excluding hydrogens is 394 g/mol. The third kappa shape index (κ3) is 5.97. The van der Waals surface area contributed by atoms with Gasteiger partial charge in [0, 0.05) is 5.75 Å². The summed E-state index contributed by atoms with van der Waals surface area (Å²) in [6.45, 7) is 4.36. The lowest BCUT2D eigenvalue weighted by atomic mass is 10.2. The Morgan fingerprint density at radius 3 is 2.50 bits per heavy atom.